The van der Waals surface area contributed by atoms with Gasteiger partial charge in [-0.2, -0.15) is 0 Å². The minimum Gasteiger partial charge on any atom is -0.492 e. The number of rotatable bonds is 7. The van der Waals surface area contributed by atoms with Gasteiger partial charge in [0.25, 0.3) is 0 Å². The summed E-state index contributed by atoms with van der Waals surface area (Å²) in [4.78, 5) is 0. The van der Waals surface area contributed by atoms with Crippen LogP contribution >= 0.6 is 0 Å². The fraction of sp³-hybridized carbons (Fsp3) is 0.647. The number of aryl methyl sites for hydroxylation is 1. The monoisotopic (exact) mass is 279 g/mol. The number of nitrogens with one attached hydrogen (secondary N) is 1. The summed E-state index contributed by atoms with van der Waals surface area (Å²) in [6.07, 6.45) is 0. The standard InChI is InChI=1S/C17H29NO2/c1-7-18-14(11-19-6)12-20-16-9-8-13(2)10-15(16)17(3,4)5/h8-10,14,18H,7,11-12H2,1-6H3. The van der Waals surface area contributed by atoms with E-state index in [1.807, 2.05) is 0 Å². The van der Waals surface area contributed by atoms with Gasteiger partial charge in [0.1, 0.15) is 12.4 Å². The second kappa shape index (κ2) is 7.65. The number of likely N-dealkylation sites (N-methyl/N-ethyl adjacent to an activating group) is 1. The molecule has 0 heterocycles. The lowest BCUT2D eigenvalue weighted by molar-refractivity contribution is 0.136. The highest BCUT2D eigenvalue weighted by Crippen LogP contribution is 2.32. The summed E-state index contributed by atoms with van der Waals surface area (Å²) < 4.78 is 11.3. The molecule has 0 aliphatic rings. The quantitative estimate of drug-likeness (QED) is 0.830. The van der Waals surface area contributed by atoms with E-state index in [9.17, 15) is 0 Å². The maximum atomic E-state index is 6.04. The SMILES string of the molecule is CCNC(COC)COc1ccc(C)cc1C(C)(C)C. The molecule has 0 radical (unpaired) electrons. The van der Waals surface area contributed by atoms with Crippen LogP contribution in [0.2, 0.25) is 0 Å². The minimum absolute atomic E-state index is 0.0797. The Hall–Kier alpha value is -1.06. The lowest BCUT2D eigenvalue weighted by atomic mass is 9.85. The van der Waals surface area contributed by atoms with Crippen molar-refractivity contribution in [2.45, 2.75) is 46.1 Å². The van der Waals surface area contributed by atoms with Gasteiger partial charge in [-0.25, -0.2) is 0 Å². The van der Waals surface area contributed by atoms with E-state index in [4.69, 9.17) is 9.47 Å². The Kier molecular flexibility index (Phi) is 6.50. The van der Waals surface area contributed by atoms with Crippen LogP contribution in [0.4, 0.5) is 0 Å². The van der Waals surface area contributed by atoms with Crippen LogP contribution in [0.1, 0.15) is 38.8 Å². The van der Waals surface area contributed by atoms with Crippen molar-refractivity contribution in [2.24, 2.45) is 0 Å². The number of benzene rings is 1. The molecule has 0 aliphatic carbocycles. The average Bonchev–Trinajstić information content (AvgIpc) is 2.36. The van der Waals surface area contributed by atoms with Gasteiger partial charge in [0.15, 0.2) is 0 Å². The Morgan fingerprint density at radius 2 is 1.90 bits per heavy atom. The Morgan fingerprint density at radius 3 is 2.45 bits per heavy atom. The summed E-state index contributed by atoms with van der Waals surface area (Å²) >= 11 is 0. The molecular weight excluding hydrogens is 250 g/mol. The zero-order valence-corrected chi connectivity index (χ0v) is 13.7. The van der Waals surface area contributed by atoms with Gasteiger partial charge < -0.3 is 14.8 Å². The first kappa shape index (κ1) is 17.0. The normalized spacial score (nSPS) is 13.3. The maximum Gasteiger partial charge on any atom is 0.123 e. The summed E-state index contributed by atoms with van der Waals surface area (Å²) in [6, 6.07) is 6.61. The van der Waals surface area contributed by atoms with Crippen LogP contribution in [0.25, 0.3) is 0 Å². The van der Waals surface area contributed by atoms with Crippen LogP contribution in [0.15, 0.2) is 18.2 Å². The van der Waals surface area contributed by atoms with Crippen molar-refractivity contribution in [2.75, 3.05) is 26.9 Å². The molecule has 1 aromatic carbocycles. The molecule has 3 heteroatoms. The van der Waals surface area contributed by atoms with Crippen molar-refractivity contribution in [3.05, 3.63) is 29.3 Å². The van der Waals surface area contributed by atoms with Gasteiger partial charge in [0.05, 0.1) is 12.6 Å². The van der Waals surface area contributed by atoms with E-state index in [2.05, 4.69) is 58.1 Å². The molecule has 114 valence electrons. The molecule has 1 atom stereocenters. The smallest absolute Gasteiger partial charge is 0.123 e. The third kappa shape index (κ3) is 5.14. The first-order valence-electron chi connectivity index (χ1n) is 7.34. The van der Waals surface area contributed by atoms with E-state index in [1.165, 1.54) is 11.1 Å². The highest BCUT2D eigenvalue weighted by molar-refractivity contribution is 5.41. The van der Waals surface area contributed by atoms with Crippen LogP contribution in [0, 0.1) is 6.92 Å². The number of hydrogen-bond acceptors (Lipinski definition) is 3. The largest absolute Gasteiger partial charge is 0.492 e. The maximum absolute atomic E-state index is 6.04. The van der Waals surface area contributed by atoms with Crippen molar-refractivity contribution in [3.8, 4) is 5.75 Å². The second-order valence-electron chi connectivity index (χ2n) is 6.27. The van der Waals surface area contributed by atoms with Crippen molar-refractivity contribution >= 4 is 0 Å². The molecular formula is C17H29NO2. The molecule has 20 heavy (non-hydrogen) atoms. The molecule has 1 unspecified atom stereocenters. The van der Waals surface area contributed by atoms with Crippen LogP contribution in [0.3, 0.4) is 0 Å². The summed E-state index contributed by atoms with van der Waals surface area (Å²) in [7, 11) is 1.72. The zero-order chi connectivity index (χ0) is 15.2. The van der Waals surface area contributed by atoms with Crippen molar-refractivity contribution < 1.29 is 9.47 Å². The molecule has 0 amide bonds. The van der Waals surface area contributed by atoms with Crippen LogP contribution in [0.5, 0.6) is 5.75 Å². The Bertz CT molecular complexity index is 404. The first-order chi connectivity index (χ1) is 9.38. The molecule has 1 aromatic rings. The Balaban J connectivity index is 2.81. The van der Waals surface area contributed by atoms with Gasteiger partial charge in [0, 0.05) is 7.11 Å². The highest BCUT2D eigenvalue weighted by atomic mass is 16.5. The van der Waals surface area contributed by atoms with E-state index in [-0.39, 0.29) is 11.5 Å². The lowest BCUT2D eigenvalue weighted by Gasteiger charge is -2.25. The molecule has 0 saturated heterocycles. The Morgan fingerprint density at radius 1 is 1.20 bits per heavy atom. The summed E-state index contributed by atoms with van der Waals surface area (Å²) in [5.74, 6) is 0.974. The molecule has 1 N–H and O–H groups in total. The van der Waals surface area contributed by atoms with Gasteiger partial charge in [0.2, 0.25) is 0 Å². The van der Waals surface area contributed by atoms with E-state index in [1.54, 1.807) is 7.11 Å². The summed E-state index contributed by atoms with van der Waals surface area (Å²) in [5.41, 5.74) is 2.60. The average molecular weight is 279 g/mol. The predicted octanol–water partition coefficient (Wildman–Crippen LogP) is 3.30. The minimum atomic E-state index is 0.0797. The van der Waals surface area contributed by atoms with Crippen LogP contribution < -0.4 is 10.1 Å². The fourth-order valence-electron chi connectivity index (χ4n) is 2.20. The number of ether oxygens (including phenoxy) is 2. The molecule has 0 bridgehead atoms. The van der Waals surface area contributed by atoms with Gasteiger partial charge in [-0.05, 0) is 30.5 Å². The molecule has 3 nitrogen and oxygen atoms in total. The molecule has 1 rings (SSSR count). The second-order valence-corrected chi connectivity index (χ2v) is 6.27. The number of methoxy groups -OCH3 is 1. The lowest BCUT2D eigenvalue weighted by Crippen LogP contribution is -2.38. The van der Waals surface area contributed by atoms with E-state index in [0.717, 1.165) is 12.3 Å². The van der Waals surface area contributed by atoms with Crippen LogP contribution in [-0.2, 0) is 10.2 Å². The van der Waals surface area contributed by atoms with E-state index in [0.29, 0.717) is 13.2 Å². The van der Waals surface area contributed by atoms with Gasteiger partial charge in [-0.1, -0.05) is 45.4 Å². The topological polar surface area (TPSA) is 30.5 Å². The fourth-order valence-corrected chi connectivity index (χ4v) is 2.20. The van der Waals surface area contributed by atoms with Crippen molar-refractivity contribution in [1.82, 2.24) is 5.32 Å². The van der Waals surface area contributed by atoms with Crippen molar-refractivity contribution in [1.29, 1.82) is 0 Å². The van der Waals surface area contributed by atoms with Gasteiger partial charge in [-0.3, -0.25) is 0 Å². The van der Waals surface area contributed by atoms with Gasteiger partial charge in [-0.15, -0.1) is 0 Å². The van der Waals surface area contributed by atoms with Crippen molar-refractivity contribution in [3.63, 3.8) is 0 Å². The third-order valence-corrected chi connectivity index (χ3v) is 3.24. The molecule has 0 saturated carbocycles. The molecule has 0 aromatic heterocycles. The summed E-state index contributed by atoms with van der Waals surface area (Å²) in [6.45, 7) is 13.0. The van der Waals surface area contributed by atoms with E-state index < -0.39 is 0 Å². The van der Waals surface area contributed by atoms with Gasteiger partial charge >= 0.3 is 0 Å². The third-order valence-electron chi connectivity index (χ3n) is 3.24. The number of hydrogen-bond donors (Lipinski definition) is 1. The molecule has 0 fully saturated rings. The zero-order valence-electron chi connectivity index (χ0n) is 13.7. The van der Waals surface area contributed by atoms with E-state index >= 15 is 0 Å². The predicted molar refractivity (Wildman–Crippen MR) is 84.7 cm³/mol. The van der Waals surface area contributed by atoms with Crippen LogP contribution in [-0.4, -0.2) is 32.9 Å². The highest BCUT2D eigenvalue weighted by Gasteiger charge is 2.20. The Labute approximate surface area is 123 Å². The molecule has 0 aliphatic heterocycles. The molecule has 0 spiro atoms. The first-order valence-corrected chi connectivity index (χ1v) is 7.34. The summed E-state index contributed by atoms with van der Waals surface area (Å²) in [5, 5.41) is 3.37.